The molecule has 0 aliphatic rings. The maximum atomic E-state index is 11.5. The standard InChI is InChI=1S/C11H18N2O2S/c1-3-6-12-11(15)13(2)8-9(14)10-5-4-7-16-10/h4-5,7,9,14H,3,6,8H2,1-2H3,(H,12,15). The largest absolute Gasteiger partial charge is 0.386 e. The van der Waals surface area contributed by atoms with Crippen LogP contribution in [-0.4, -0.2) is 36.2 Å². The fraction of sp³-hybridized carbons (Fsp3) is 0.545. The Hall–Kier alpha value is -1.07. The van der Waals surface area contributed by atoms with E-state index < -0.39 is 6.10 Å². The molecule has 1 aromatic rings. The average molecular weight is 242 g/mol. The molecule has 1 aromatic heterocycles. The molecular weight excluding hydrogens is 224 g/mol. The highest BCUT2D eigenvalue weighted by atomic mass is 32.1. The van der Waals surface area contributed by atoms with Crippen molar-refractivity contribution in [3.8, 4) is 0 Å². The van der Waals surface area contributed by atoms with Crippen LogP contribution in [0.5, 0.6) is 0 Å². The first-order valence-electron chi connectivity index (χ1n) is 5.35. The highest BCUT2D eigenvalue weighted by Gasteiger charge is 2.14. The van der Waals surface area contributed by atoms with Crippen LogP contribution >= 0.6 is 11.3 Å². The fourth-order valence-electron chi connectivity index (χ4n) is 1.28. The van der Waals surface area contributed by atoms with Crippen LogP contribution in [0.3, 0.4) is 0 Å². The van der Waals surface area contributed by atoms with Crippen molar-refractivity contribution >= 4 is 17.4 Å². The van der Waals surface area contributed by atoms with E-state index in [0.29, 0.717) is 13.1 Å². The molecule has 0 saturated heterocycles. The Morgan fingerprint density at radius 1 is 1.69 bits per heavy atom. The summed E-state index contributed by atoms with van der Waals surface area (Å²) in [4.78, 5) is 13.9. The van der Waals surface area contributed by atoms with Gasteiger partial charge in [0, 0.05) is 18.5 Å². The van der Waals surface area contributed by atoms with Crippen molar-refractivity contribution in [2.45, 2.75) is 19.4 Å². The minimum absolute atomic E-state index is 0.141. The number of nitrogens with zero attached hydrogens (tertiary/aromatic N) is 1. The smallest absolute Gasteiger partial charge is 0.317 e. The lowest BCUT2D eigenvalue weighted by molar-refractivity contribution is 0.134. The van der Waals surface area contributed by atoms with Crippen LogP contribution in [0.25, 0.3) is 0 Å². The SMILES string of the molecule is CCCNC(=O)N(C)CC(O)c1cccs1. The Labute approximate surface area is 99.9 Å². The van der Waals surface area contributed by atoms with Gasteiger partial charge in [-0.2, -0.15) is 0 Å². The molecule has 0 fully saturated rings. The van der Waals surface area contributed by atoms with Crippen molar-refractivity contribution in [1.29, 1.82) is 0 Å². The molecule has 1 atom stereocenters. The van der Waals surface area contributed by atoms with E-state index >= 15 is 0 Å². The van der Waals surface area contributed by atoms with Gasteiger partial charge in [-0.25, -0.2) is 4.79 Å². The molecule has 2 N–H and O–H groups in total. The van der Waals surface area contributed by atoms with Crippen LogP contribution in [0, 0.1) is 0 Å². The predicted molar refractivity (Wildman–Crippen MR) is 65.6 cm³/mol. The molecule has 0 aliphatic heterocycles. The molecule has 4 nitrogen and oxygen atoms in total. The minimum Gasteiger partial charge on any atom is -0.386 e. The van der Waals surface area contributed by atoms with E-state index in [1.54, 1.807) is 7.05 Å². The molecule has 1 unspecified atom stereocenters. The third kappa shape index (κ3) is 3.83. The van der Waals surface area contributed by atoms with Gasteiger partial charge in [-0.05, 0) is 17.9 Å². The summed E-state index contributed by atoms with van der Waals surface area (Å²) in [6.07, 6.45) is 0.310. The van der Waals surface area contributed by atoms with E-state index in [-0.39, 0.29) is 6.03 Å². The van der Waals surface area contributed by atoms with Crippen LogP contribution < -0.4 is 5.32 Å². The molecule has 0 radical (unpaired) electrons. The third-order valence-corrected chi connectivity index (χ3v) is 3.16. The molecule has 0 spiro atoms. The summed E-state index contributed by atoms with van der Waals surface area (Å²) in [5.74, 6) is 0. The van der Waals surface area contributed by atoms with Gasteiger partial charge in [-0.3, -0.25) is 0 Å². The van der Waals surface area contributed by atoms with E-state index in [1.807, 2.05) is 24.4 Å². The van der Waals surface area contributed by atoms with E-state index in [1.165, 1.54) is 16.2 Å². The zero-order valence-electron chi connectivity index (χ0n) is 9.64. The molecule has 1 rings (SSSR count). The van der Waals surface area contributed by atoms with E-state index in [9.17, 15) is 9.90 Å². The number of aliphatic hydroxyl groups excluding tert-OH is 1. The second-order valence-electron chi connectivity index (χ2n) is 3.64. The number of nitrogens with one attached hydrogen (secondary N) is 1. The van der Waals surface area contributed by atoms with Gasteiger partial charge in [-0.1, -0.05) is 13.0 Å². The van der Waals surface area contributed by atoms with Gasteiger partial charge in [0.1, 0.15) is 6.10 Å². The van der Waals surface area contributed by atoms with Crippen molar-refractivity contribution in [1.82, 2.24) is 10.2 Å². The lowest BCUT2D eigenvalue weighted by Crippen LogP contribution is -2.39. The minimum atomic E-state index is -0.600. The number of rotatable bonds is 5. The first-order valence-corrected chi connectivity index (χ1v) is 6.23. The normalized spacial score (nSPS) is 12.2. The van der Waals surface area contributed by atoms with Gasteiger partial charge < -0.3 is 15.3 Å². The highest BCUT2D eigenvalue weighted by Crippen LogP contribution is 2.19. The lowest BCUT2D eigenvalue weighted by Gasteiger charge is -2.20. The second kappa shape index (κ2) is 6.50. The summed E-state index contributed by atoms with van der Waals surface area (Å²) < 4.78 is 0. The molecule has 1 heterocycles. The Morgan fingerprint density at radius 3 is 3.00 bits per heavy atom. The van der Waals surface area contributed by atoms with Crippen molar-refractivity contribution in [2.24, 2.45) is 0 Å². The maximum absolute atomic E-state index is 11.5. The Morgan fingerprint density at radius 2 is 2.44 bits per heavy atom. The molecule has 0 bridgehead atoms. The Balaban J connectivity index is 2.38. The molecule has 0 saturated carbocycles. The van der Waals surface area contributed by atoms with Gasteiger partial charge in [0.25, 0.3) is 0 Å². The molecule has 16 heavy (non-hydrogen) atoms. The van der Waals surface area contributed by atoms with Crippen LogP contribution in [0.4, 0.5) is 4.79 Å². The van der Waals surface area contributed by atoms with Crippen LogP contribution in [-0.2, 0) is 0 Å². The van der Waals surface area contributed by atoms with E-state index in [0.717, 1.165) is 11.3 Å². The zero-order valence-corrected chi connectivity index (χ0v) is 10.5. The van der Waals surface area contributed by atoms with Crippen molar-refractivity contribution in [3.63, 3.8) is 0 Å². The first kappa shape index (κ1) is 13.0. The number of carbonyl (C=O) groups excluding carboxylic acids is 1. The van der Waals surface area contributed by atoms with Gasteiger partial charge >= 0.3 is 6.03 Å². The molecular formula is C11H18N2O2S. The summed E-state index contributed by atoms with van der Waals surface area (Å²) in [6.45, 7) is 2.98. The number of likely N-dealkylation sites (N-methyl/N-ethyl adjacent to an activating group) is 1. The quantitative estimate of drug-likeness (QED) is 0.827. The van der Waals surface area contributed by atoms with Gasteiger partial charge in [0.2, 0.25) is 0 Å². The number of thiophene rings is 1. The Bertz CT molecular complexity index is 314. The van der Waals surface area contributed by atoms with Gasteiger partial charge in [0.05, 0.1) is 6.54 Å². The molecule has 0 aliphatic carbocycles. The summed E-state index contributed by atoms with van der Waals surface area (Å²) in [7, 11) is 1.68. The average Bonchev–Trinajstić information content (AvgIpc) is 2.79. The van der Waals surface area contributed by atoms with Gasteiger partial charge in [0.15, 0.2) is 0 Å². The van der Waals surface area contributed by atoms with Crippen molar-refractivity contribution in [2.75, 3.05) is 20.1 Å². The number of urea groups is 1. The first-order chi connectivity index (χ1) is 7.65. The summed E-state index contributed by atoms with van der Waals surface area (Å²) in [5.41, 5.74) is 0. The summed E-state index contributed by atoms with van der Waals surface area (Å²) in [6, 6.07) is 3.62. The molecule has 5 heteroatoms. The molecule has 2 amide bonds. The predicted octanol–water partition coefficient (Wildman–Crippen LogP) is 1.83. The summed E-state index contributed by atoms with van der Waals surface area (Å²) >= 11 is 1.49. The van der Waals surface area contributed by atoms with Gasteiger partial charge in [-0.15, -0.1) is 11.3 Å². The number of hydrogen-bond donors (Lipinski definition) is 2. The number of hydrogen-bond acceptors (Lipinski definition) is 3. The molecule has 90 valence electrons. The number of aliphatic hydroxyl groups is 1. The third-order valence-electron chi connectivity index (χ3n) is 2.19. The van der Waals surface area contributed by atoms with Crippen molar-refractivity contribution in [3.05, 3.63) is 22.4 Å². The second-order valence-corrected chi connectivity index (χ2v) is 4.62. The van der Waals surface area contributed by atoms with Crippen LogP contribution in [0.1, 0.15) is 24.3 Å². The fourth-order valence-corrected chi connectivity index (χ4v) is 1.98. The number of amides is 2. The zero-order chi connectivity index (χ0) is 12.0. The summed E-state index contributed by atoms with van der Waals surface area (Å²) in [5, 5.41) is 14.5. The van der Waals surface area contributed by atoms with Crippen LogP contribution in [0.2, 0.25) is 0 Å². The van der Waals surface area contributed by atoms with Crippen molar-refractivity contribution < 1.29 is 9.90 Å². The topological polar surface area (TPSA) is 52.6 Å². The molecule has 0 aromatic carbocycles. The van der Waals surface area contributed by atoms with E-state index in [2.05, 4.69) is 5.32 Å². The van der Waals surface area contributed by atoms with E-state index in [4.69, 9.17) is 0 Å². The highest BCUT2D eigenvalue weighted by molar-refractivity contribution is 7.10. The lowest BCUT2D eigenvalue weighted by atomic mass is 10.3. The number of carbonyl (C=O) groups is 1. The van der Waals surface area contributed by atoms with Crippen LogP contribution in [0.15, 0.2) is 17.5 Å². The monoisotopic (exact) mass is 242 g/mol. The maximum Gasteiger partial charge on any atom is 0.317 e. The Kier molecular flexibility index (Phi) is 5.28.